The lowest BCUT2D eigenvalue weighted by atomic mass is 10.2. The summed E-state index contributed by atoms with van der Waals surface area (Å²) < 4.78 is 38.7. The molecule has 0 fully saturated rings. The van der Waals surface area contributed by atoms with Crippen molar-refractivity contribution >= 4 is 21.6 Å². The third kappa shape index (κ3) is 5.59. The van der Waals surface area contributed by atoms with Gasteiger partial charge in [-0.25, -0.2) is 8.42 Å². The van der Waals surface area contributed by atoms with Crippen molar-refractivity contribution in [3.05, 3.63) is 84.4 Å². The highest BCUT2D eigenvalue weighted by atomic mass is 32.2. The van der Waals surface area contributed by atoms with E-state index in [1.54, 1.807) is 42.5 Å². The van der Waals surface area contributed by atoms with Crippen LogP contribution in [0.2, 0.25) is 0 Å². The summed E-state index contributed by atoms with van der Waals surface area (Å²) in [5.74, 6) is 0.614. The molecule has 0 heterocycles. The SMILES string of the molecule is CCOc1cccc(CNC(=O)CN(c2ccccc2OC)S(=O)(=O)c2ccccc2)c1. The second kappa shape index (κ2) is 10.7. The van der Waals surface area contributed by atoms with Crippen LogP contribution in [0.4, 0.5) is 5.69 Å². The Morgan fingerprint density at radius 3 is 2.41 bits per heavy atom. The van der Waals surface area contributed by atoms with E-state index < -0.39 is 22.5 Å². The van der Waals surface area contributed by atoms with Gasteiger partial charge >= 0.3 is 0 Å². The van der Waals surface area contributed by atoms with Crippen molar-refractivity contribution in [1.29, 1.82) is 0 Å². The molecule has 0 aliphatic rings. The number of amides is 1. The van der Waals surface area contributed by atoms with Crippen molar-refractivity contribution in [2.75, 3.05) is 24.6 Å². The van der Waals surface area contributed by atoms with E-state index in [-0.39, 0.29) is 17.1 Å². The number of carbonyl (C=O) groups is 1. The molecule has 3 aromatic carbocycles. The third-order valence-corrected chi connectivity index (χ3v) is 6.45. The summed E-state index contributed by atoms with van der Waals surface area (Å²) >= 11 is 0. The summed E-state index contributed by atoms with van der Waals surface area (Å²) in [7, 11) is -2.55. The molecule has 0 spiro atoms. The zero-order valence-electron chi connectivity index (χ0n) is 18.0. The summed E-state index contributed by atoms with van der Waals surface area (Å²) in [6, 6.07) is 22.1. The molecule has 8 heteroatoms. The van der Waals surface area contributed by atoms with Crippen LogP contribution in [0.1, 0.15) is 12.5 Å². The second-order valence-corrected chi connectivity index (χ2v) is 8.72. The van der Waals surface area contributed by atoms with E-state index >= 15 is 0 Å². The molecule has 32 heavy (non-hydrogen) atoms. The van der Waals surface area contributed by atoms with Gasteiger partial charge in [-0.3, -0.25) is 9.10 Å². The van der Waals surface area contributed by atoms with Gasteiger partial charge in [0.15, 0.2) is 0 Å². The molecule has 0 atom stereocenters. The lowest BCUT2D eigenvalue weighted by Crippen LogP contribution is -2.40. The van der Waals surface area contributed by atoms with Crippen molar-refractivity contribution in [3.8, 4) is 11.5 Å². The van der Waals surface area contributed by atoms with Gasteiger partial charge in [-0.15, -0.1) is 0 Å². The monoisotopic (exact) mass is 454 g/mol. The number of sulfonamides is 1. The Morgan fingerprint density at radius 1 is 0.969 bits per heavy atom. The van der Waals surface area contributed by atoms with Crippen molar-refractivity contribution in [2.24, 2.45) is 0 Å². The quantitative estimate of drug-likeness (QED) is 0.506. The fourth-order valence-corrected chi connectivity index (χ4v) is 4.61. The minimum absolute atomic E-state index is 0.0862. The first-order valence-corrected chi connectivity index (χ1v) is 11.6. The van der Waals surface area contributed by atoms with Gasteiger partial charge < -0.3 is 14.8 Å². The minimum Gasteiger partial charge on any atom is -0.495 e. The first kappa shape index (κ1) is 23.1. The van der Waals surface area contributed by atoms with Gasteiger partial charge in [0.1, 0.15) is 18.0 Å². The number of anilines is 1. The number of hydrogen-bond donors (Lipinski definition) is 1. The summed E-state index contributed by atoms with van der Waals surface area (Å²) in [5, 5.41) is 2.79. The van der Waals surface area contributed by atoms with Crippen LogP contribution in [0.3, 0.4) is 0 Å². The lowest BCUT2D eigenvalue weighted by Gasteiger charge is -2.25. The number of hydrogen-bond acceptors (Lipinski definition) is 5. The van der Waals surface area contributed by atoms with Crippen LogP contribution >= 0.6 is 0 Å². The number of para-hydroxylation sites is 2. The Morgan fingerprint density at radius 2 is 1.69 bits per heavy atom. The molecule has 0 bridgehead atoms. The van der Waals surface area contributed by atoms with Gasteiger partial charge in [-0.1, -0.05) is 42.5 Å². The molecule has 0 saturated carbocycles. The van der Waals surface area contributed by atoms with E-state index in [0.717, 1.165) is 9.87 Å². The maximum Gasteiger partial charge on any atom is 0.264 e. The molecule has 1 N–H and O–H groups in total. The highest BCUT2D eigenvalue weighted by Crippen LogP contribution is 2.32. The zero-order valence-corrected chi connectivity index (χ0v) is 18.8. The number of benzene rings is 3. The van der Waals surface area contributed by atoms with Gasteiger partial charge in [0.25, 0.3) is 10.0 Å². The Kier molecular flexibility index (Phi) is 7.72. The highest BCUT2D eigenvalue weighted by Gasteiger charge is 2.29. The fraction of sp³-hybridized carbons (Fsp3) is 0.208. The maximum absolute atomic E-state index is 13.4. The molecule has 0 radical (unpaired) electrons. The van der Waals surface area contributed by atoms with Crippen LogP contribution < -0.4 is 19.1 Å². The van der Waals surface area contributed by atoms with E-state index in [2.05, 4.69) is 5.32 Å². The Hall–Kier alpha value is -3.52. The molecule has 0 saturated heterocycles. The Labute approximate surface area is 188 Å². The van der Waals surface area contributed by atoms with Gasteiger partial charge in [0, 0.05) is 6.54 Å². The topological polar surface area (TPSA) is 84.9 Å². The fourth-order valence-electron chi connectivity index (χ4n) is 3.15. The van der Waals surface area contributed by atoms with Crippen LogP contribution in [0, 0.1) is 0 Å². The molecule has 168 valence electrons. The minimum atomic E-state index is -4.01. The molecule has 1 amide bonds. The van der Waals surface area contributed by atoms with E-state index in [4.69, 9.17) is 9.47 Å². The largest absolute Gasteiger partial charge is 0.495 e. The van der Waals surface area contributed by atoms with Crippen LogP contribution in [0.25, 0.3) is 0 Å². The Bertz CT molecular complexity index is 1150. The molecule has 7 nitrogen and oxygen atoms in total. The van der Waals surface area contributed by atoms with E-state index in [9.17, 15) is 13.2 Å². The van der Waals surface area contributed by atoms with Crippen LogP contribution in [0.15, 0.2) is 83.8 Å². The first-order chi connectivity index (χ1) is 15.5. The van der Waals surface area contributed by atoms with Crippen molar-refractivity contribution in [3.63, 3.8) is 0 Å². The summed E-state index contributed by atoms with van der Waals surface area (Å²) in [6.45, 7) is 2.28. The summed E-state index contributed by atoms with van der Waals surface area (Å²) in [6.07, 6.45) is 0. The van der Waals surface area contributed by atoms with E-state index in [1.165, 1.54) is 19.2 Å². The van der Waals surface area contributed by atoms with Crippen molar-refractivity contribution in [1.82, 2.24) is 5.32 Å². The number of rotatable bonds is 10. The van der Waals surface area contributed by atoms with Crippen LogP contribution in [-0.2, 0) is 21.4 Å². The van der Waals surface area contributed by atoms with Crippen molar-refractivity contribution in [2.45, 2.75) is 18.4 Å². The highest BCUT2D eigenvalue weighted by molar-refractivity contribution is 7.92. The zero-order chi connectivity index (χ0) is 23.0. The summed E-state index contributed by atoms with van der Waals surface area (Å²) in [4.78, 5) is 12.9. The third-order valence-electron chi connectivity index (χ3n) is 4.67. The van der Waals surface area contributed by atoms with E-state index in [0.29, 0.717) is 18.1 Å². The average molecular weight is 455 g/mol. The van der Waals surface area contributed by atoms with Crippen LogP contribution in [0.5, 0.6) is 11.5 Å². The molecular weight excluding hydrogens is 428 g/mol. The normalized spacial score (nSPS) is 10.9. The predicted molar refractivity (Wildman–Crippen MR) is 123 cm³/mol. The van der Waals surface area contributed by atoms with E-state index in [1.807, 2.05) is 31.2 Å². The van der Waals surface area contributed by atoms with Gasteiger partial charge in [0.2, 0.25) is 5.91 Å². The predicted octanol–water partition coefficient (Wildman–Crippen LogP) is 3.61. The first-order valence-electron chi connectivity index (χ1n) is 10.1. The molecule has 0 aromatic heterocycles. The smallest absolute Gasteiger partial charge is 0.264 e. The average Bonchev–Trinajstić information content (AvgIpc) is 2.82. The molecule has 0 aliphatic heterocycles. The molecule has 0 unspecified atom stereocenters. The van der Waals surface area contributed by atoms with Gasteiger partial charge in [-0.05, 0) is 48.9 Å². The van der Waals surface area contributed by atoms with Gasteiger partial charge in [-0.2, -0.15) is 0 Å². The summed E-state index contributed by atoms with van der Waals surface area (Å²) in [5.41, 5.74) is 1.13. The van der Waals surface area contributed by atoms with Gasteiger partial charge in [0.05, 0.1) is 24.3 Å². The standard InChI is InChI=1S/C24H26N2O5S/c1-3-31-20-11-9-10-19(16-20)17-25-24(27)18-26(22-14-7-8-15-23(22)30-2)32(28,29)21-12-5-4-6-13-21/h4-16H,3,17-18H2,1-2H3,(H,25,27). The molecule has 0 aliphatic carbocycles. The number of methoxy groups -OCH3 is 1. The lowest BCUT2D eigenvalue weighted by molar-refractivity contribution is -0.119. The number of nitrogens with zero attached hydrogens (tertiary/aromatic N) is 1. The number of ether oxygens (including phenoxy) is 2. The van der Waals surface area contributed by atoms with Crippen LogP contribution in [-0.4, -0.2) is 34.6 Å². The molecular formula is C24H26N2O5S. The number of carbonyl (C=O) groups excluding carboxylic acids is 1. The second-order valence-electron chi connectivity index (χ2n) is 6.85. The van der Waals surface area contributed by atoms with Crippen molar-refractivity contribution < 1.29 is 22.7 Å². The molecule has 3 aromatic rings. The Balaban J connectivity index is 1.84. The molecule has 3 rings (SSSR count). The number of nitrogens with one attached hydrogen (secondary N) is 1. The maximum atomic E-state index is 13.4.